The van der Waals surface area contributed by atoms with Crippen LogP contribution in [0.25, 0.3) is 0 Å². The number of aliphatic hydroxyl groups is 1. The van der Waals surface area contributed by atoms with E-state index in [-0.39, 0.29) is 6.42 Å². The number of carbonyl (C=O) groups excluding carboxylic acids is 1. The van der Waals surface area contributed by atoms with Crippen molar-refractivity contribution in [3.05, 3.63) is 34.9 Å². The Labute approximate surface area is 93.8 Å². The summed E-state index contributed by atoms with van der Waals surface area (Å²) < 4.78 is 3.93. The molecule has 3 nitrogen and oxygen atoms in total. The summed E-state index contributed by atoms with van der Waals surface area (Å²) in [5.74, 6) is -0.823. The number of benzene rings is 1. The first-order valence-corrected chi connectivity index (χ1v) is 4.91. The van der Waals surface area contributed by atoms with E-state index in [1.165, 1.54) is 0 Å². The Morgan fingerprint density at radius 3 is 2.40 bits per heavy atom. The van der Waals surface area contributed by atoms with Crippen LogP contribution in [0.4, 0.5) is 0 Å². The zero-order valence-electron chi connectivity index (χ0n) is 8.66. The summed E-state index contributed by atoms with van der Waals surface area (Å²) in [7, 11) is 0. The quantitative estimate of drug-likeness (QED) is 0.860. The molecule has 0 radical (unpaired) electrons. The van der Waals surface area contributed by atoms with Crippen molar-refractivity contribution in [1.29, 1.82) is 0 Å². The number of aryl methyl sites for hydroxylation is 2. The Hall–Kier alpha value is -1.06. The fraction of sp³-hybridized carbons (Fsp3) is 0.364. The second kappa shape index (κ2) is 5.14. The fourth-order valence-corrected chi connectivity index (χ4v) is 1.65. The lowest BCUT2D eigenvalue weighted by Crippen LogP contribution is -2.22. The van der Waals surface area contributed by atoms with E-state index in [4.69, 9.17) is 11.9 Å². The molecule has 1 rings (SSSR count). The van der Waals surface area contributed by atoms with E-state index in [2.05, 4.69) is 4.29 Å². The monoisotopic (exact) mass is 228 g/mol. The molecule has 0 aromatic heterocycles. The van der Waals surface area contributed by atoms with E-state index in [0.717, 1.165) is 16.7 Å². The second-order valence-corrected chi connectivity index (χ2v) is 3.77. The molecule has 4 heteroatoms. The molecule has 1 aromatic carbocycles. The summed E-state index contributed by atoms with van der Waals surface area (Å²) in [5.41, 5.74) is 3.08. The van der Waals surface area contributed by atoms with Gasteiger partial charge in [0.05, 0.1) is 0 Å². The van der Waals surface area contributed by atoms with Crippen LogP contribution in [0, 0.1) is 13.8 Å². The van der Waals surface area contributed by atoms with Crippen LogP contribution in [-0.2, 0) is 15.5 Å². The number of carbonyl (C=O) groups is 1. The summed E-state index contributed by atoms with van der Waals surface area (Å²) in [6, 6.07) is 5.85. The zero-order chi connectivity index (χ0) is 11.4. The van der Waals surface area contributed by atoms with Gasteiger partial charge in [-0.1, -0.05) is 29.3 Å². The minimum absolute atomic E-state index is 0.216. The average molecular weight is 229 g/mol. The highest BCUT2D eigenvalue weighted by molar-refractivity contribution is 6.13. The normalized spacial score (nSPS) is 12.3. The average Bonchev–Trinajstić information content (AvgIpc) is 2.14. The Morgan fingerprint density at radius 2 is 1.93 bits per heavy atom. The van der Waals surface area contributed by atoms with Gasteiger partial charge in [-0.15, -0.1) is 0 Å². The van der Waals surface area contributed by atoms with Gasteiger partial charge in [-0.05, 0) is 19.4 Å². The van der Waals surface area contributed by atoms with Crippen molar-refractivity contribution in [2.75, 3.05) is 0 Å². The Bertz CT molecular complexity index is 343. The number of rotatable bonds is 3. The lowest BCUT2D eigenvalue weighted by Gasteiger charge is -2.08. The third-order valence-electron chi connectivity index (χ3n) is 2.06. The summed E-state index contributed by atoms with van der Waals surface area (Å²) in [6.45, 7) is 3.92. The molecule has 1 N–H and O–H groups in total. The minimum atomic E-state index is -1.20. The molecule has 0 heterocycles. The van der Waals surface area contributed by atoms with Gasteiger partial charge in [0, 0.05) is 6.42 Å². The third-order valence-corrected chi connectivity index (χ3v) is 2.21. The molecule has 0 spiro atoms. The van der Waals surface area contributed by atoms with Crippen LogP contribution >= 0.6 is 11.9 Å². The van der Waals surface area contributed by atoms with Crippen molar-refractivity contribution in [3.63, 3.8) is 0 Å². The van der Waals surface area contributed by atoms with Crippen LogP contribution in [-0.4, -0.2) is 17.2 Å². The van der Waals surface area contributed by atoms with Gasteiger partial charge in [0.1, 0.15) is 11.9 Å². The van der Waals surface area contributed by atoms with Gasteiger partial charge in [-0.25, -0.2) is 4.79 Å². The first-order valence-electron chi connectivity index (χ1n) is 4.60. The Kier molecular flexibility index (Phi) is 4.12. The maximum atomic E-state index is 10.9. The van der Waals surface area contributed by atoms with Crippen molar-refractivity contribution in [2.45, 2.75) is 26.4 Å². The summed E-state index contributed by atoms with van der Waals surface area (Å²) in [5, 5.41) is 9.39. The van der Waals surface area contributed by atoms with Crippen LogP contribution in [0.2, 0.25) is 0 Å². The van der Waals surface area contributed by atoms with Gasteiger partial charge in [0.15, 0.2) is 6.10 Å². The molecule has 1 atom stereocenters. The largest absolute Gasteiger partial charge is 0.381 e. The molecule has 0 saturated heterocycles. The van der Waals surface area contributed by atoms with Crippen molar-refractivity contribution in [2.24, 2.45) is 0 Å². The molecule has 0 fully saturated rings. The molecule has 1 unspecified atom stereocenters. The maximum Gasteiger partial charge on any atom is 0.353 e. The molecule has 0 aliphatic heterocycles. The van der Waals surface area contributed by atoms with Crippen LogP contribution in [0.15, 0.2) is 18.2 Å². The standard InChI is InChI=1S/C11H13ClO3/c1-7-3-8(2)5-9(4-7)6-10(13)11(14)15-12/h3-5,10,13H,6H2,1-2H3. The zero-order valence-corrected chi connectivity index (χ0v) is 9.41. The maximum absolute atomic E-state index is 10.9. The van der Waals surface area contributed by atoms with Crippen molar-refractivity contribution in [1.82, 2.24) is 0 Å². The van der Waals surface area contributed by atoms with E-state index >= 15 is 0 Å². The third kappa shape index (κ3) is 3.53. The van der Waals surface area contributed by atoms with Gasteiger partial charge in [-0.2, -0.15) is 0 Å². The smallest absolute Gasteiger partial charge is 0.353 e. The van der Waals surface area contributed by atoms with E-state index in [1.54, 1.807) is 0 Å². The van der Waals surface area contributed by atoms with Crippen molar-refractivity contribution < 1.29 is 14.2 Å². The van der Waals surface area contributed by atoms with E-state index in [9.17, 15) is 9.90 Å². The summed E-state index contributed by atoms with van der Waals surface area (Å²) >= 11 is 4.87. The van der Waals surface area contributed by atoms with Crippen molar-refractivity contribution >= 4 is 17.8 Å². The van der Waals surface area contributed by atoms with Crippen LogP contribution in [0.1, 0.15) is 16.7 Å². The van der Waals surface area contributed by atoms with E-state index in [0.29, 0.717) is 0 Å². The van der Waals surface area contributed by atoms with Gasteiger partial charge in [-0.3, -0.25) is 0 Å². The predicted octanol–water partition coefficient (Wildman–Crippen LogP) is 1.90. The molecule has 0 saturated carbocycles. The first kappa shape index (κ1) is 12.0. The molecule has 82 valence electrons. The van der Waals surface area contributed by atoms with Gasteiger partial charge < -0.3 is 9.40 Å². The molecule has 1 aromatic rings. The van der Waals surface area contributed by atoms with E-state index < -0.39 is 12.1 Å². The molecule has 0 amide bonds. The molecule has 0 bridgehead atoms. The lowest BCUT2D eigenvalue weighted by atomic mass is 10.0. The predicted molar refractivity (Wildman–Crippen MR) is 57.6 cm³/mol. The highest BCUT2D eigenvalue weighted by atomic mass is 35.5. The van der Waals surface area contributed by atoms with E-state index in [1.807, 2.05) is 32.0 Å². The van der Waals surface area contributed by atoms with Crippen molar-refractivity contribution in [3.8, 4) is 0 Å². The SMILES string of the molecule is Cc1cc(C)cc(CC(O)C(=O)OCl)c1. The molecular weight excluding hydrogens is 216 g/mol. The number of hydrogen-bond donors (Lipinski definition) is 1. The van der Waals surface area contributed by atoms with Crippen LogP contribution < -0.4 is 0 Å². The molecule has 15 heavy (non-hydrogen) atoms. The highest BCUT2D eigenvalue weighted by Gasteiger charge is 2.17. The topological polar surface area (TPSA) is 46.5 Å². The Morgan fingerprint density at radius 1 is 1.40 bits per heavy atom. The number of hydrogen-bond acceptors (Lipinski definition) is 3. The second-order valence-electron chi connectivity index (χ2n) is 3.61. The van der Waals surface area contributed by atoms with Crippen LogP contribution in [0.5, 0.6) is 0 Å². The summed E-state index contributed by atoms with van der Waals surface area (Å²) in [4.78, 5) is 10.9. The molecule has 0 aliphatic carbocycles. The molecule has 0 aliphatic rings. The first-order chi connectivity index (χ1) is 7.02. The van der Waals surface area contributed by atoms with Gasteiger partial charge in [0.2, 0.25) is 0 Å². The van der Waals surface area contributed by atoms with Gasteiger partial charge >= 0.3 is 5.97 Å². The minimum Gasteiger partial charge on any atom is -0.381 e. The Balaban J connectivity index is 2.76. The lowest BCUT2D eigenvalue weighted by molar-refractivity contribution is -0.143. The van der Waals surface area contributed by atoms with Gasteiger partial charge in [0.25, 0.3) is 0 Å². The number of halogens is 1. The number of aliphatic hydroxyl groups excluding tert-OH is 1. The molecular formula is C11H13ClO3. The van der Waals surface area contributed by atoms with Crippen LogP contribution in [0.3, 0.4) is 0 Å². The fourth-order valence-electron chi connectivity index (χ4n) is 1.54. The highest BCUT2D eigenvalue weighted by Crippen LogP contribution is 2.11. The summed E-state index contributed by atoms with van der Waals surface area (Å²) in [6.07, 6.45) is -0.989.